The van der Waals surface area contributed by atoms with Crippen LogP contribution < -0.4 is 0 Å². The molecule has 2 aromatic rings. The van der Waals surface area contributed by atoms with Gasteiger partial charge in [-0.05, 0) is 23.6 Å². The molecule has 0 fully saturated rings. The van der Waals surface area contributed by atoms with Crippen molar-refractivity contribution < 1.29 is 14.3 Å². The number of hydrogen-bond donors (Lipinski definition) is 1. The molecule has 0 spiro atoms. The van der Waals surface area contributed by atoms with Crippen molar-refractivity contribution in [3.8, 4) is 11.3 Å². The minimum Gasteiger partial charge on any atom is -0.475 e. The van der Waals surface area contributed by atoms with Gasteiger partial charge in [0.1, 0.15) is 5.76 Å². The number of furan rings is 1. The fourth-order valence-corrected chi connectivity index (χ4v) is 1.82. The second kappa shape index (κ2) is 4.45. The number of carboxylic acid groups (broad SMARTS) is 1. The molecule has 0 aliphatic rings. The van der Waals surface area contributed by atoms with Gasteiger partial charge in [-0.1, -0.05) is 38.1 Å². The third-order valence-corrected chi connectivity index (χ3v) is 2.67. The van der Waals surface area contributed by atoms with E-state index in [9.17, 15) is 4.79 Å². The fraction of sp³-hybridized carbons (Fsp3) is 0.214. The second-order valence-corrected chi connectivity index (χ2v) is 4.21. The molecule has 88 valence electrons. The van der Waals surface area contributed by atoms with Crippen LogP contribution in [0.1, 0.15) is 35.9 Å². The zero-order valence-corrected chi connectivity index (χ0v) is 9.81. The predicted molar refractivity (Wildman–Crippen MR) is 65.2 cm³/mol. The van der Waals surface area contributed by atoms with Crippen LogP contribution in [0.5, 0.6) is 0 Å². The molecule has 1 aromatic heterocycles. The SMILES string of the molecule is CC(C)c1ccccc1-c1ccc(C(=O)O)o1. The highest BCUT2D eigenvalue weighted by Crippen LogP contribution is 2.30. The summed E-state index contributed by atoms with van der Waals surface area (Å²) in [7, 11) is 0. The van der Waals surface area contributed by atoms with Crippen molar-refractivity contribution in [1.82, 2.24) is 0 Å². The average Bonchev–Trinajstić information content (AvgIpc) is 2.78. The van der Waals surface area contributed by atoms with Crippen LogP contribution in [-0.2, 0) is 0 Å². The van der Waals surface area contributed by atoms with Crippen LogP contribution >= 0.6 is 0 Å². The van der Waals surface area contributed by atoms with Crippen LogP contribution in [0.2, 0.25) is 0 Å². The van der Waals surface area contributed by atoms with E-state index in [1.807, 2.05) is 24.3 Å². The number of carbonyl (C=O) groups is 1. The Morgan fingerprint density at radius 1 is 1.18 bits per heavy atom. The molecule has 0 aliphatic heterocycles. The van der Waals surface area contributed by atoms with Crippen LogP contribution in [-0.4, -0.2) is 11.1 Å². The topological polar surface area (TPSA) is 50.4 Å². The molecule has 0 bridgehead atoms. The van der Waals surface area contributed by atoms with E-state index in [0.29, 0.717) is 11.7 Å². The first-order valence-corrected chi connectivity index (χ1v) is 5.52. The molecule has 0 saturated heterocycles. The minimum atomic E-state index is -1.04. The van der Waals surface area contributed by atoms with E-state index in [2.05, 4.69) is 13.8 Å². The summed E-state index contributed by atoms with van der Waals surface area (Å²) in [5.41, 5.74) is 2.11. The van der Waals surface area contributed by atoms with Gasteiger partial charge in [-0.25, -0.2) is 4.79 Å². The van der Waals surface area contributed by atoms with Gasteiger partial charge in [0.15, 0.2) is 0 Å². The van der Waals surface area contributed by atoms with Crippen molar-refractivity contribution in [2.45, 2.75) is 19.8 Å². The van der Waals surface area contributed by atoms with Gasteiger partial charge in [-0.3, -0.25) is 0 Å². The molecule has 0 saturated carbocycles. The Bertz CT molecular complexity index is 538. The first-order chi connectivity index (χ1) is 8.09. The number of carboxylic acids is 1. The number of benzene rings is 1. The van der Waals surface area contributed by atoms with Crippen LogP contribution in [0.15, 0.2) is 40.8 Å². The Hall–Kier alpha value is -2.03. The van der Waals surface area contributed by atoms with Crippen LogP contribution in [0.3, 0.4) is 0 Å². The van der Waals surface area contributed by atoms with E-state index in [-0.39, 0.29) is 5.76 Å². The molecule has 2 rings (SSSR count). The number of rotatable bonds is 3. The quantitative estimate of drug-likeness (QED) is 0.873. The van der Waals surface area contributed by atoms with Crippen molar-refractivity contribution in [3.63, 3.8) is 0 Å². The third kappa shape index (κ3) is 2.23. The van der Waals surface area contributed by atoms with Crippen molar-refractivity contribution in [1.29, 1.82) is 0 Å². The van der Waals surface area contributed by atoms with Gasteiger partial charge in [0.25, 0.3) is 0 Å². The van der Waals surface area contributed by atoms with E-state index in [1.165, 1.54) is 6.07 Å². The Kier molecular flexibility index (Phi) is 3.00. The highest BCUT2D eigenvalue weighted by Gasteiger charge is 2.14. The van der Waals surface area contributed by atoms with Crippen LogP contribution in [0, 0.1) is 0 Å². The Labute approximate surface area is 99.7 Å². The Morgan fingerprint density at radius 3 is 2.47 bits per heavy atom. The standard InChI is InChI=1S/C14H14O3/c1-9(2)10-5-3-4-6-11(10)12-7-8-13(17-12)14(15)16/h3-9H,1-2H3,(H,15,16). The lowest BCUT2D eigenvalue weighted by molar-refractivity contribution is 0.0663. The van der Waals surface area contributed by atoms with E-state index in [1.54, 1.807) is 6.07 Å². The maximum atomic E-state index is 10.8. The molecule has 0 amide bonds. The summed E-state index contributed by atoms with van der Waals surface area (Å²) >= 11 is 0. The molecular weight excluding hydrogens is 216 g/mol. The van der Waals surface area contributed by atoms with Gasteiger partial charge in [-0.15, -0.1) is 0 Å². The van der Waals surface area contributed by atoms with Crippen LogP contribution in [0.4, 0.5) is 0 Å². The van der Waals surface area contributed by atoms with E-state index >= 15 is 0 Å². The first kappa shape index (κ1) is 11.5. The summed E-state index contributed by atoms with van der Waals surface area (Å²) < 4.78 is 5.32. The maximum absolute atomic E-state index is 10.8. The van der Waals surface area contributed by atoms with Gasteiger partial charge in [0, 0.05) is 5.56 Å². The largest absolute Gasteiger partial charge is 0.475 e. The van der Waals surface area contributed by atoms with Gasteiger partial charge in [0.05, 0.1) is 0 Å². The summed E-state index contributed by atoms with van der Waals surface area (Å²) in [5.74, 6) is -0.104. The minimum absolute atomic E-state index is 0.0291. The summed E-state index contributed by atoms with van der Waals surface area (Å²) in [6.45, 7) is 4.19. The van der Waals surface area contributed by atoms with Crippen molar-refractivity contribution in [3.05, 3.63) is 47.7 Å². The monoisotopic (exact) mass is 230 g/mol. The summed E-state index contributed by atoms with van der Waals surface area (Å²) in [5, 5.41) is 8.83. The Morgan fingerprint density at radius 2 is 1.88 bits per heavy atom. The average molecular weight is 230 g/mol. The Balaban J connectivity index is 2.48. The molecule has 0 radical (unpaired) electrons. The fourth-order valence-electron chi connectivity index (χ4n) is 1.82. The molecule has 1 aromatic carbocycles. The van der Waals surface area contributed by atoms with Gasteiger partial charge in [-0.2, -0.15) is 0 Å². The van der Waals surface area contributed by atoms with Gasteiger partial charge < -0.3 is 9.52 Å². The third-order valence-electron chi connectivity index (χ3n) is 2.67. The predicted octanol–water partition coefficient (Wildman–Crippen LogP) is 3.77. The zero-order chi connectivity index (χ0) is 12.4. The van der Waals surface area contributed by atoms with Crippen molar-refractivity contribution in [2.24, 2.45) is 0 Å². The molecular formula is C14H14O3. The number of aromatic carboxylic acids is 1. The van der Waals surface area contributed by atoms with E-state index in [0.717, 1.165) is 11.1 Å². The summed E-state index contributed by atoms with van der Waals surface area (Å²) in [4.78, 5) is 10.8. The lowest BCUT2D eigenvalue weighted by Gasteiger charge is -2.10. The first-order valence-electron chi connectivity index (χ1n) is 5.52. The lowest BCUT2D eigenvalue weighted by Crippen LogP contribution is -1.93. The van der Waals surface area contributed by atoms with Crippen molar-refractivity contribution in [2.75, 3.05) is 0 Å². The summed E-state index contributed by atoms with van der Waals surface area (Å²) in [6.07, 6.45) is 0. The van der Waals surface area contributed by atoms with Crippen LogP contribution in [0.25, 0.3) is 11.3 Å². The van der Waals surface area contributed by atoms with E-state index < -0.39 is 5.97 Å². The number of hydrogen-bond acceptors (Lipinski definition) is 2. The molecule has 0 unspecified atom stereocenters. The molecule has 17 heavy (non-hydrogen) atoms. The second-order valence-electron chi connectivity index (χ2n) is 4.21. The highest BCUT2D eigenvalue weighted by atomic mass is 16.4. The van der Waals surface area contributed by atoms with Gasteiger partial charge >= 0.3 is 5.97 Å². The highest BCUT2D eigenvalue weighted by molar-refractivity contribution is 5.85. The molecule has 0 aliphatic carbocycles. The van der Waals surface area contributed by atoms with Gasteiger partial charge in [0.2, 0.25) is 5.76 Å². The van der Waals surface area contributed by atoms with Crippen molar-refractivity contribution >= 4 is 5.97 Å². The molecule has 3 nitrogen and oxygen atoms in total. The molecule has 1 heterocycles. The zero-order valence-electron chi connectivity index (χ0n) is 9.81. The smallest absolute Gasteiger partial charge is 0.371 e. The van der Waals surface area contributed by atoms with E-state index in [4.69, 9.17) is 9.52 Å². The molecule has 3 heteroatoms. The summed E-state index contributed by atoms with van der Waals surface area (Å²) in [6, 6.07) is 11.0. The molecule has 1 N–H and O–H groups in total. The normalized spacial score (nSPS) is 10.8. The maximum Gasteiger partial charge on any atom is 0.371 e. The molecule has 0 atom stereocenters. The lowest BCUT2D eigenvalue weighted by atomic mass is 9.96.